The van der Waals surface area contributed by atoms with Crippen molar-refractivity contribution in [2.45, 2.75) is 18.3 Å². The molecule has 1 aliphatic rings. The minimum Gasteiger partial charge on any atom is -0.503 e. The predicted octanol–water partition coefficient (Wildman–Crippen LogP) is -3.23. The van der Waals surface area contributed by atoms with Gasteiger partial charge in [-0.25, -0.2) is 9.97 Å². The molecule has 0 unspecified atom stereocenters. The van der Waals surface area contributed by atoms with Crippen LogP contribution < -0.4 is 25.9 Å². The van der Waals surface area contributed by atoms with E-state index in [1.54, 1.807) is 35.5 Å². The van der Waals surface area contributed by atoms with Gasteiger partial charge in [0.05, 0.1) is 17.5 Å². The maximum absolute atomic E-state index is 13.9. The summed E-state index contributed by atoms with van der Waals surface area (Å²) < 4.78 is 48.1. The summed E-state index contributed by atoms with van der Waals surface area (Å²) in [7, 11) is 9.48. The van der Waals surface area contributed by atoms with Crippen LogP contribution in [0.15, 0.2) is 42.7 Å². The Hall–Kier alpha value is -3.30. The lowest BCUT2D eigenvalue weighted by molar-refractivity contribution is -0.274. The Morgan fingerprint density at radius 1 is 1.00 bits per heavy atom. The Kier molecular flexibility index (Phi) is 6.42. The summed E-state index contributed by atoms with van der Waals surface area (Å²) in [6, 6.07) is 7.36. The van der Waals surface area contributed by atoms with Crippen molar-refractivity contribution >= 4 is 61.5 Å². The maximum atomic E-state index is 13.9. The number of halogens is 3. The van der Waals surface area contributed by atoms with Crippen molar-refractivity contribution < 1.29 is 27.4 Å². The van der Waals surface area contributed by atoms with Gasteiger partial charge in [-0.3, -0.25) is 4.79 Å². The van der Waals surface area contributed by atoms with Gasteiger partial charge in [0, 0.05) is 18.9 Å². The molecule has 0 radical (unpaired) electrons. The molecule has 0 aliphatic carbocycles. The fraction of sp³-hybridized carbons (Fsp3) is 0.190. The summed E-state index contributed by atoms with van der Waals surface area (Å²) in [5.41, 5.74) is 4.25. The van der Waals surface area contributed by atoms with Crippen molar-refractivity contribution in [1.82, 2.24) is 14.9 Å². The molecule has 0 saturated heterocycles. The van der Waals surface area contributed by atoms with Crippen molar-refractivity contribution in [3.05, 3.63) is 54.1 Å². The highest BCUT2D eigenvalue weighted by atomic mass is 19.4. The second kappa shape index (κ2) is 9.05. The van der Waals surface area contributed by atoms with Gasteiger partial charge in [-0.05, 0) is 29.3 Å². The third-order valence-electron chi connectivity index (χ3n) is 6.03. The molecule has 0 N–H and O–H groups in total. The molecule has 4 rings (SSSR count). The number of benzene rings is 2. The number of nitrogens with zero attached hydrogens (tertiary/aromatic N) is 3. The Morgan fingerprint density at radius 3 is 2.23 bits per heavy atom. The molecule has 0 spiro atoms. The first-order valence-electron chi connectivity index (χ1n) is 11.1. The molecule has 2 heterocycles. The number of carbonyl (C=O) groups excluding carboxylic acids is 1. The number of fused-ring (bicyclic) bond motifs is 1. The lowest BCUT2D eigenvalue weighted by Gasteiger charge is -2.30. The fourth-order valence-corrected chi connectivity index (χ4v) is 4.47. The van der Waals surface area contributed by atoms with E-state index in [1.165, 1.54) is 12.1 Å². The summed E-state index contributed by atoms with van der Waals surface area (Å²) in [4.78, 5) is 24.0. The first-order chi connectivity index (χ1) is 16.4. The largest absolute Gasteiger partial charge is 0.573 e. The van der Waals surface area contributed by atoms with Gasteiger partial charge in [0.15, 0.2) is 0 Å². The Balaban J connectivity index is 1.82. The molecule has 14 heteroatoms. The first kappa shape index (κ1) is 24.8. The third-order valence-corrected chi connectivity index (χ3v) is 6.03. The zero-order chi connectivity index (χ0) is 25.5. The van der Waals surface area contributed by atoms with Crippen LogP contribution >= 0.6 is 0 Å². The SMILES string of the molecule is Bc1c(B)c(-c2ccc(OC(F)(F)F)cc2)c(B)c2c1OC(B)(B)CN(Cc1ncccn1)C2=O. The van der Waals surface area contributed by atoms with Crippen LogP contribution in [-0.2, 0) is 6.54 Å². The minimum atomic E-state index is -4.77. The molecule has 174 valence electrons. The molecule has 3 aromatic rings. The van der Waals surface area contributed by atoms with E-state index in [0.29, 0.717) is 34.7 Å². The fourth-order valence-electron chi connectivity index (χ4n) is 4.47. The van der Waals surface area contributed by atoms with Crippen LogP contribution in [0.4, 0.5) is 13.2 Å². The van der Waals surface area contributed by atoms with Gasteiger partial charge < -0.3 is 14.4 Å². The number of ether oxygens (including phenoxy) is 2. The van der Waals surface area contributed by atoms with Crippen molar-refractivity contribution in [2.24, 2.45) is 0 Å². The summed E-state index contributed by atoms with van der Waals surface area (Å²) in [6.07, 6.45) is -1.51. The van der Waals surface area contributed by atoms with E-state index >= 15 is 0 Å². The first-order valence-corrected chi connectivity index (χ1v) is 11.1. The summed E-state index contributed by atoms with van der Waals surface area (Å²) in [5, 5.41) is -0.669. The van der Waals surface area contributed by atoms with Crippen molar-refractivity contribution in [3.8, 4) is 22.6 Å². The molecular weight excluding hydrogens is 453 g/mol. The smallest absolute Gasteiger partial charge is 0.503 e. The van der Waals surface area contributed by atoms with Crippen LogP contribution in [0.3, 0.4) is 0 Å². The molecule has 0 saturated carbocycles. The Bertz CT molecular complexity index is 1280. The van der Waals surface area contributed by atoms with Crippen LogP contribution in [0, 0.1) is 0 Å². The second-order valence-electron chi connectivity index (χ2n) is 9.21. The normalized spacial score (nSPS) is 15.2. The predicted molar refractivity (Wildman–Crippen MR) is 140 cm³/mol. The zero-order valence-electron chi connectivity index (χ0n) is 20.2. The van der Waals surface area contributed by atoms with E-state index < -0.39 is 11.8 Å². The number of hydrogen-bond acceptors (Lipinski definition) is 5. The van der Waals surface area contributed by atoms with Crippen molar-refractivity contribution in [1.29, 1.82) is 0 Å². The summed E-state index contributed by atoms with van der Waals surface area (Å²) in [6.45, 7) is 0.548. The Morgan fingerprint density at radius 2 is 1.63 bits per heavy atom. The van der Waals surface area contributed by atoms with E-state index in [-0.39, 0.29) is 18.2 Å². The zero-order valence-corrected chi connectivity index (χ0v) is 20.2. The van der Waals surface area contributed by atoms with E-state index in [4.69, 9.17) is 4.74 Å². The lowest BCUT2D eigenvalue weighted by atomic mass is 9.64. The highest BCUT2D eigenvalue weighted by Crippen LogP contribution is 2.29. The molecule has 1 aliphatic heterocycles. The van der Waals surface area contributed by atoms with E-state index in [1.807, 2.05) is 39.2 Å². The van der Waals surface area contributed by atoms with E-state index in [9.17, 15) is 18.0 Å². The molecule has 0 fully saturated rings. The molecule has 0 bridgehead atoms. The second-order valence-corrected chi connectivity index (χ2v) is 9.21. The van der Waals surface area contributed by atoms with Gasteiger partial charge in [0.1, 0.15) is 56.6 Å². The third kappa shape index (κ3) is 5.21. The van der Waals surface area contributed by atoms with Crippen molar-refractivity contribution in [2.75, 3.05) is 6.54 Å². The van der Waals surface area contributed by atoms with Crippen molar-refractivity contribution in [3.63, 3.8) is 0 Å². The molecule has 35 heavy (non-hydrogen) atoms. The van der Waals surface area contributed by atoms with Gasteiger partial charge in [-0.15, -0.1) is 13.2 Å². The van der Waals surface area contributed by atoms with Crippen LogP contribution in [0.25, 0.3) is 11.1 Å². The molecule has 1 amide bonds. The van der Waals surface area contributed by atoms with E-state index in [0.717, 1.165) is 16.5 Å². The van der Waals surface area contributed by atoms with Crippen LogP contribution in [0.5, 0.6) is 11.5 Å². The van der Waals surface area contributed by atoms with Gasteiger partial charge >= 0.3 is 6.36 Å². The highest BCUT2D eigenvalue weighted by molar-refractivity contribution is 6.56. The van der Waals surface area contributed by atoms with Crippen LogP contribution in [0.1, 0.15) is 16.2 Å². The number of alkyl halides is 3. The summed E-state index contributed by atoms with van der Waals surface area (Å²) >= 11 is 0. The quantitative estimate of drug-likeness (QED) is 0.373. The number of amides is 1. The standard InChI is InChI=1S/C21H21B5F3N3O3/c22-15-13(10-2-4-11(5-3-10)34-21(27,28)29)16(23)17(24)18-14(15)19(33)32(9-20(25,26)35-18)8-12-30-6-1-7-31-12/h1-7H,8-9,22-26H2. The molecule has 2 aromatic carbocycles. The highest BCUT2D eigenvalue weighted by Gasteiger charge is 2.37. The molecule has 0 atom stereocenters. The monoisotopic (exact) mass is 475 g/mol. The topological polar surface area (TPSA) is 64.6 Å². The number of aromatic nitrogens is 2. The lowest BCUT2D eigenvalue weighted by Crippen LogP contribution is -2.48. The van der Waals surface area contributed by atoms with Gasteiger partial charge in [-0.1, -0.05) is 28.5 Å². The van der Waals surface area contributed by atoms with Crippen LogP contribution in [0.2, 0.25) is 0 Å². The average molecular weight is 474 g/mol. The number of carbonyl (C=O) groups is 1. The number of rotatable bonds is 4. The number of hydrogen-bond donors (Lipinski definition) is 0. The molecule has 1 aromatic heterocycles. The maximum Gasteiger partial charge on any atom is 0.573 e. The molecular formula is C21H21B5F3N3O3. The van der Waals surface area contributed by atoms with Gasteiger partial charge in [0.25, 0.3) is 5.91 Å². The van der Waals surface area contributed by atoms with Gasteiger partial charge in [0.2, 0.25) is 0 Å². The average Bonchev–Trinajstić information content (AvgIpc) is 2.87. The van der Waals surface area contributed by atoms with E-state index in [2.05, 4.69) is 14.7 Å². The molecule has 6 nitrogen and oxygen atoms in total. The Labute approximate surface area is 205 Å². The summed E-state index contributed by atoms with van der Waals surface area (Å²) in [5.74, 6) is 0.518. The van der Waals surface area contributed by atoms with Crippen LogP contribution in [-0.4, -0.2) is 78.3 Å². The van der Waals surface area contributed by atoms with Gasteiger partial charge in [-0.2, -0.15) is 0 Å². The minimum absolute atomic E-state index is 0.211.